The molecule has 0 saturated carbocycles. The van der Waals surface area contributed by atoms with Gasteiger partial charge in [-0.25, -0.2) is 0 Å². The summed E-state index contributed by atoms with van der Waals surface area (Å²) in [5.74, 6) is -0.741. The van der Waals surface area contributed by atoms with Crippen LogP contribution in [0.5, 0.6) is 5.75 Å². The molecule has 0 aromatic heterocycles. The summed E-state index contributed by atoms with van der Waals surface area (Å²) < 4.78 is 44.3. The van der Waals surface area contributed by atoms with Gasteiger partial charge in [0, 0.05) is 4.90 Å². The molecule has 0 saturated heterocycles. The highest BCUT2D eigenvalue weighted by atomic mass is 32.2. The Bertz CT molecular complexity index is 472. The van der Waals surface area contributed by atoms with Gasteiger partial charge in [-0.1, -0.05) is 6.07 Å². The standard InChI is InChI=1S/C13H15F3O3S/c1-4-18-11(17)12(2,3)20-10-7-5-6-9(8-10)19-13(14,15)16/h5-8H,4H2,1-3H3. The summed E-state index contributed by atoms with van der Waals surface area (Å²) in [6.07, 6.45) is -4.74. The van der Waals surface area contributed by atoms with Gasteiger partial charge in [-0.2, -0.15) is 0 Å². The summed E-state index contributed by atoms with van der Waals surface area (Å²) in [5.41, 5.74) is 0. The number of benzene rings is 1. The molecule has 0 aliphatic heterocycles. The fourth-order valence-corrected chi connectivity index (χ4v) is 2.43. The molecule has 0 spiro atoms. The molecule has 0 atom stereocenters. The number of carbonyl (C=O) groups is 1. The molecule has 20 heavy (non-hydrogen) atoms. The molecule has 0 radical (unpaired) electrons. The van der Waals surface area contributed by atoms with E-state index in [0.29, 0.717) is 4.90 Å². The lowest BCUT2D eigenvalue weighted by molar-refractivity contribution is -0.274. The molecule has 112 valence electrons. The van der Waals surface area contributed by atoms with Crippen molar-refractivity contribution in [2.45, 2.75) is 36.8 Å². The predicted molar refractivity (Wildman–Crippen MR) is 69.7 cm³/mol. The fourth-order valence-electron chi connectivity index (χ4n) is 1.38. The number of thioether (sulfide) groups is 1. The van der Waals surface area contributed by atoms with Crippen LogP contribution in [0, 0.1) is 0 Å². The Labute approximate surface area is 119 Å². The van der Waals surface area contributed by atoms with Crippen molar-refractivity contribution in [2.75, 3.05) is 6.61 Å². The van der Waals surface area contributed by atoms with Crippen molar-refractivity contribution in [1.29, 1.82) is 0 Å². The van der Waals surface area contributed by atoms with Crippen molar-refractivity contribution < 1.29 is 27.4 Å². The van der Waals surface area contributed by atoms with Crippen LogP contribution in [0.1, 0.15) is 20.8 Å². The van der Waals surface area contributed by atoms with Crippen molar-refractivity contribution in [2.24, 2.45) is 0 Å². The first-order chi connectivity index (χ1) is 9.14. The lowest BCUT2D eigenvalue weighted by Crippen LogP contribution is -2.29. The minimum absolute atomic E-state index is 0.250. The van der Waals surface area contributed by atoms with Gasteiger partial charge in [0.05, 0.1) is 6.61 Å². The van der Waals surface area contributed by atoms with E-state index < -0.39 is 17.1 Å². The summed E-state index contributed by atoms with van der Waals surface area (Å²) in [6, 6.07) is 5.48. The zero-order valence-electron chi connectivity index (χ0n) is 11.3. The smallest absolute Gasteiger partial charge is 0.465 e. The van der Waals surface area contributed by atoms with E-state index in [2.05, 4.69) is 4.74 Å². The van der Waals surface area contributed by atoms with E-state index in [1.54, 1.807) is 26.8 Å². The Kier molecular flexibility index (Phi) is 5.33. The number of carbonyl (C=O) groups excluding carboxylic acids is 1. The van der Waals surface area contributed by atoms with Crippen LogP contribution in [0.15, 0.2) is 29.2 Å². The SMILES string of the molecule is CCOC(=O)C(C)(C)Sc1cccc(OC(F)(F)F)c1. The molecule has 0 fully saturated rings. The Morgan fingerprint density at radius 2 is 1.95 bits per heavy atom. The van der Waals surface area contributed by atoms with E-state index in [0.717, 1.165) is 11.8 Å². The summed E-state index contributed by atoms with van der Waals surface area (Å²) in [6.45, 7) is 5.23. The minimum atomic E-state index is -4.74. The quantitative estimate of drug-likeness (QED) is 0.608. The van der Waals surface area contributed by atoms with Gasteiger partial charge in [0.2, 0.25) is 0 Å². The van der Waals surface area contributed by atoms with Gasteiger partial charge in [0.1, 0.15) is 10.5 Å². The van der Waals surface area contributed by atoms with Gasteiger partial charge < -0.3 is 9.47 Å². The number of halogens is 3. The molecule has 3 nitrogen and oxygen atoms in total. The van der Waals surface area contributed by atoms with Crippen LogP contribution < -0.4 is 4.74 Å². The van der Waals surface area contributed by atoms with E-state index in [-0.39, 0.29) is 12.4 Å². The zero-order chi connectivity index (χ0) is 15.4. The maximum Gasteiger partial charge on any atom is 0.573 e. The third kappa shape index (κ3) is 5.32. The van der Waals surface area contributed by atoms with Crippen molar-refractivity contribution in [3.63, 3.8) is 0 Å². The summed E-state index contributed by atoms with van der Waals surface area (Å²) in [4.78, 5) is 12.2. The van der Waals surface area contributed by atoms with Crippen molar-refractivity contribution >= 4 is 17.7 Å². The van der Waals surface area contributed by atoms with Gasteiger partial charge in [-0.15, -0.1) is 24.9 Å². The topological polar surface area (TPSA) is 35.5 Å². The first-order valence-corrected chi connectivity index (χ1v) is 6.68. The molecule has 1 aromatic carbocycles. The fraction of sp³-hybridized carbons (Fsp3) is 0.462. The van der Waals surface area contributed by atoms with E-state index in [1.807, 2.05) is 0 Å². The number of alkyl halides is 3. The van der Waals surface area contributed by atoms with E-state index >= 15 is 0 Å². The Morgan fingerprint density at radius 3 is 2.50 bits per heavy atom. The van der Waals surface area contributed by atoms with E-state index in [9.17, 15) is 18.0 Å². The molecule has 0 heterocycles. The van der Waals surface area contributed by atoms with Crippen molar-refractivity contribution in [1.82, 2.24) is 0 Å². The van der Waals surface area contributed by atoms with Crippen LogP contribution in [0.2, 0.25) is 0 Å². The number of hydrogen-bond donors (Lipinski definition) is 0. The monoisotopic (exact) mass is 308 g/mol. The number of rotatable bonds is 5. The molecule has 7 heteroatoms. The molecular weight excluding hydrogens is 293 g/mol. The molecule has 0 amide bonds. The van der Waals surface area contributed by atoms with E-state index in [1.165, 1.54) is 18.2 Å². The van der Waals surface area contributed by atoms with Gasteiger partial charge in [-0.05, 0) is 39.0 Å². The minimum Gasteiger partial charge on any atom is -0.465 e. The van der Waals surface area contributed by atoms with Crippen LogP contribution in [0.4, 0.5) is 13.2 Å². The first-order valence-electron chi connectivity index (χ1n) is 5.86. The average Bonchev–Trinajstić information content (AvgIpc) is 2.26. The van der Waals surface area contributed by atoms with Crippen LogP contribution in [-0.4, -0.2) is 23.7 Å². The van der Waals surface area contributed by atoms with Crippen molar-refractivity contribution in [3.05, 3.63) is 24.3 Å². The summed E-state index contributed by atoms with van der Waals surface area (Å²) in [7, 11) is 0. The maximum absolute atomic E-state index is 12.1. The highest BCUT2D eigenvalue weighted by molar-refractivity contribution is 8.01. The molecule has 1 rings (SSSR count). The number of esters is 1. The average molecular weight is 308 g/mol. The normalized spacial score (nSPS) is 12.1. The predicted octanol–water partition coefficient (Wildman–Crippen LogP) is 4.02. The van der Waals surface area contributed by atoms with Gasteiger partial charge >= 0.3 is 12.3 Å². The Balaban J connectivity index is 2.83. The van der Waals surface area contributed by atoms with Gasteiger partial charge in [0.25, 0.3) is 0 Å². The highest BCUT2D eigenvalue weighted by Crippen LogP contribution is 2.35. The third-order valence-electron chi connectivity index (χ3n) is 2.18. The molecular formula is C13H15F3O3S. The molecule has 0 aliphatic carbocycles. The lowest BCUT2D eigenvalue weighted by Gasteiger charge is -2.21. The van der Waals surface area contributed by atoms with Crippen LogP contribution in [-0.2, 0) is 9.53 Å². The second-order valence-electron chi connectivity index (χ2n) is 4.36. The van der Waals surface area contributed by atoms with Crippen LogP contribution in [0.25, 0.3) is 0 Å². The van der Waals surface area contributed by atoms with Crippen molar-refractivity contribution in [3.8, 4) is 5.75 Å². The highest BCUT2D eigenvalue weighted by Gasteiger charge is 2.32. The zero-order valence-corrected chi connectivity index (χ0v) is 12.1. The summed E-state index contributed by atoms with van der Waals surface area (Å²) in [5, 5.41) is 0. The molecule has 0 bridgehead atoms. The summed E-state index contributed by atoms with van der Waals surface area (Å²) >= 11 is 1.11. The molecule has 0 aliphatic rings. The van der Waals surface area contributed by atoms with Gasteiger partial charge in [0.15, 0.2) is 0 Å². The number of hydrogen-bond acceptors (Lipinski definition) is 4. The maximum atomic E-state index is 12.1. The first kappa shape index (κ1) is 16.7. The lowest BCUT2D eigenvalue weighted by atomic mass is 10.2. The molecule has 0 unspecified atom stereocenters. The Hall–Kier alpha value is -1.37. The second kappa shape index (κ2) is 6.39. The third-order valence-corrected chi connectivity index (χ3v) is 3.35. The van der Waals surface area contributed by atoms with Crippen LogP contribution in [0.3, 0.4) is 0 Å². The second-order valence-corrected chi connectivity index (χ2v) is 6.05. The number of ether oxygens (including phenoxy) is 2. The Morgan fingerprint density at radius 1 is 1.30 bits per heavy atom. The molecule has 0 N–H and O–H groups in total. The largest absolute Gasteiger partial charge is 0.573 e. The van der Waals surface area contributed by atoms with Gasteiger partial charge in [-0.3, -0.25) is 4.79 Å². The molecule has 1 aromatic rings. The van der Waals surface area contributed by atoms with E-state index in [4.69, 9.17) is 4.74 Å². The van der Waals surface area contributed by atoms with Crippen LogP contribution >= 0.6 is 11.8 Å².